The highest BCUT2D eigenvalue weighted by Gasteiger charge is 2.15. The molecule has 22 heavy (non-hydrogen) atoms. The van der Waals surface area contributed by atoms with Crippen LogP contribution in [0.3, 0.4) is 0 Å². The largest absolute Gasteiger partial charge is 0.279 e. The smallest absolute Gasteiger partial charge is 0.271 e. The molecule has 3 rings (SSSR count). The number of benzene rings is 1. The molecule has 0 radical (unpaired) electrons. The molecule has 0 amide bonds. The lowest BCUT2D eigenvalue weighted by molar-refractivity contribution is 0.603. The minimum atomic E-state index is -3.59. The lowest BCUT2D eigenvalue weighted by atomic mass is 10.1. The van der Waals surface area contributed by atoms with Gasteiger partial charge in [-0.15, -0.1) is 11.3 Å². The number of aromatic nitrogens is 2. The van der Waals surface area contributed by atoms with Gasteiger partial charge in [0.05, 0.1) is 5.69 Å². The number of rotatable bonds is 4. The van der Waals surface area contributed by atoms with E-state index in [0.717, 1.165) is 11.3 Å². The summed E-state index contributed by atoms with van der Waals surface area (Å²) in [5.41, 5.74) is 1.39. The summed E-state index contributed by atoms with van der Waals surface area (Å²) in [6, 6.07) is 13.0. The van der Waals surface area contributed by atoms with Crippen LogP contribution in [0.25, 0.3) is 11.3 Å². The quantitative estimate of drug-likeness (QED) is 0.766. The van der Waals surface area contributed by atoms with E-state index in [1.165, 1.54) is 6.07 Å². The van der Waals surface area contributed by atoms with E-state index in [4.69, 9.17) is 0 Å². The van der Waals surface area contributed by atoms with Crippen LogP contribution in [0, 0.1) is 0 Å². The van der Waals surface area contributed by atoms with Gasteiger partial charge in [0, 0.05) is 17.3 Å². The second kappa shape index (κ2) is 5.74. The molecule has 0 saturated carbocycles. The molecule has 0 aliphatic heterocycles. The number of aromatic amines is 1. The number of hydrogen-bond acceptors (Lipinski definition) is 5. The minimum Gasteiger partial charge on any atom is -0.279 e. The van der Waals surface area contributed by atoms with Gasteiger partial charge in [-0.05, 0) is 29.6 Å². The predicted molar refractivity (Wildman–Crippen MR) is 85.4 cm³/mol. The van der Waals surface area contributed by atoms with Crippen molar-refractivity contribution in [3.05, 3.63) is 64.3 Å². The molecule has 0 spiro atoms. The van der Waals surface area contributed by atoms with Gasteiger partial charge in [-0.3, -0.25) is 9.52 Å². The Morgan fingerprint density at radius 1 is 1.09 bits per heavy atom. The molecule has 0 bridgehead atoms. The van der Waals surface area contributed by atoms with Crippen molar-refractivity contribution in [3.8, 4) is 11.3 Å². The molecule has 6 nitrogen and oxygen atoms in total. The molecule has 0 unspecified atom stereocenters. The molecule has 2 N–H and O–H groups in total. The summed E-state index contributed by atoms with van der Waals surface area (Å²) in [5, 5.41) is 7.97. The summed E-state index contributed by atoms with van der Waals surface area (Å²) >= 11 is 1.15. The number of hydrogen-bond donors (Lipinski definition) is 2. The van der Waals surface area contributed by atoms with Crippen molar-refractivity contribution in [2.24, 2.45) is 0 Å². The summed E-state index contributed by atoms with van der Waals surface area (Å²) in [6.07, 6.45) is 0. The van der Waals surface area contributed by atoms with E-state index in [1.54, 1.807) is 47.8 Å². The maximum atomic E-state index is 12.2. The molecule has 0 atom stereocenters. The van der Waals surface area contributed by atoms with Crippen molar-refractivity contribution in [3.63, 3.8) is 0 Å². The van der Waals surface area contributed by atoms with E-state index in [0.29, 0.717) is 16.9 Å². The van der Waals surface area contributed by atoms with Crippen molar-refractivity contribution >= 4 is 27.0 Å². The number of thiophene rings is 1. The summed E-state index contributed by atoms with van der Waals surface area (Å²) in [4.78, 5) is 11.0. The standard InChI is InChI=1S/C14H11N3O3S2/c18-13-7-6-12(15-16-13)10-3-1-4-11(9-10)17-22(19,20)14-5-2-8-21-14/h1-9,17H,(H,16,18). The number of sulfonamides is 1. The summed E-state index contributed by atoms with van der Waals surface area (Å²) < 4.78 is 27.2. The van der Waals surface area contributed by atoms with E-state index in [-0.39, 0.29) is 9.77 Å². The van der Waals surface area contributed by atoms with Crippen molar-refractivity contribution in [2.45, 2.75) is 4.21 Å². The maximum absolute atomic E-state index is 12.2. The van der Waals surface area contributed by atoms with Gasteiger partial charge in [-0.25, -0.2) is 13.5 Å². The van der Waals surface area contributed by atoms with E-state index in [9.17, 15) is 13.2 Å². The molecule has 0 aliphatic rings. The molecule has 2 aromatic heterocycles. The van der Waals surface area contributed by atoms with Crippen molar-refractivity contribution in [1.82, 2.24) is 10.2 Å². The molecule has 112 valence electrons. The van der Waals surface area contributed by atoms with Crippen LogP contribution in [-0.4, -0.2) is 18.6 Å². The fraction of sp³-hybridized carbons (Fsp3) is 0. The molecular formula is C14H11N3O3S2. The molecular weight excluding hydrogens is 322 g/mol. The second-order valence-electron chi connectivity index (χ2n) is 4.42. The Balaban J connectivity index is 1.92. The topological polar surface area (TPSA) is 91.9 Å². The highest BCUT2D eigenvalue weighted by molar-refractivity contribution is 7.94. The average Bonchev–Trinajstić information content (AvgIpc) is 3.03. The van der Waals surface area contributed by atoms with E-state index in [2.05, 4.69) is 14.9 Å². The van der Waals surface area contributed by atoms with Gasteiger partial charge in [-0.1, -0.05) is 18.2 Å². The summed E-state index contributed by atoms with van der Waals surface area (Å²) in [6.45, 7) is 0. The van der Waals surface area contributed by atoms with E-state index >= 15 is 0 Å². The van der Waals surface area contributed by atoms with Crippen molar-refractivity contribution < 1.29 is 8.42 Å². The zero-order valence-corrected chi connectivity index (χ0v) is 12.8. The van der Waals surface area contributed by atoms with Gasteiger partial charge >= 0.3 is 0 Å². The average molecular weight is 333 g/mol. The van der Waals surface area contributed by atoms with Gasteiger partial charge in [-0.2, -0.15) is 5.10 Å². The summed E-state index contributed by atoms with van der Waals surface area (Å²) in [5.74, 6) is 0. The van der Waals surface area contributed by atoms with Gasteiger partial charge < -0.3 is 0 Å². The van der Waals surface area contributed by atoms with Crippen LogP contribution in [0.4, 0.5) is 5.69 Å². The highest BCUT2D eigenvalue weighted by Crippen LogP contribution is 2.23. The fourth-order valence-corrected chi connectivity index (χ4v) is 3.91. The van der Waals surface area contributed by atoms with E-state index < -0.39 is 10.0 Å². The Morgan fingerprint density at radius 2 is 1.95 bits per heavy atom. The SMILES string of the molecule is O=c1ccc(-c2cccc(NS(=O)(=O)c3cccs3)c2)n[nH]1. The van der Waals surface area contributed by atoms with Crippen LogP contribution in [0.2, 0.25) is 0 Å². The van der Waals surface area contributed by atoms with Crippen LogP contribution >= 0.6 is 11.3 Å². The van der Waals surface area contributed by atoms with Crippen molar-refractivity contribution in [2.75, 3.05) is 4.72 Å². The van der Waals surface area contributed by atoms with Gasteiger partial charge in [0.1, 0.15) is 4.21 Å². The molecule has 2 heterocycles. The van der Waals surface area contributed by atoms with Gasteiger partial charge in [0.15, 0.2) is 0 Å². The van der Waals surface area contributed by atoms with Gasteiger partial charge in [0.2, 0.25) is 0 Å². The van der Waals surface area contributed by atoms with Gasteiger partial charge in [0.25, 0.3) is 15.6 Å². The molecule has 8 heteroatoms. The van der Waals surface area contributed by atoms with Crippen LogP contribution in [0.1, 0.15) is 0 Å². The first-order chi connectivity index (χ1) is 10.5. The zero-order chi connectivity index (χ0) is 15.6. The first-order valence-corrected chi connectivity index (χ1v) is 8.63. The van der Waals surface area contributed by atoms with Crippen LogP contribution in [0.15, 0.2) is 62.9 Å². The fourth-order valence-electron chi connectivity index (χ4n) is 1.87. The number of nitrogens with one attached hydrogen (secondary N) is 2. The lowest BCUT2D eigenvalue weighted by Crippen LogP contribution is -2.11. The maximum Gasteiger partial charge on any atom is 0.271 e. The molecule has 0 aliphatic carbocycles. The third-order valence-electron chi connectivity index (χ3n) is 2.85. The third-order valence-corrected chi connectivity index (χ3v) is 5.63. The van der Waals surface area contributed by atoms with Crippen LogP contribution < -0.4 is 10.3 Å². The number of nitrogens with zero attached hydrogens (tertiary/aromatic N) is 1. The normalized spacial score (nSPS) is 11.3. The molecule has 1 aromatic carbocycles. The first-order valence-electron chi connectivity index (χ1n) is 6.27. The second-order valence-corrected chi connectivity index (χ2v) is 7.28. The Kier molecular flexibility index (Phi) is 3.78. The Bertz CT molecular complexity index is 927. The third kappa shape index (κ3) is 3.07. The zero-order valence-electron chi connectivity index (χ0n) is 11.2. The predicted octanol–water partition coefficient (Wildman–Crippen LogP) is 2.30. The molecule has 3 aromatic rings. The molecule has 0 fully saturated rings. The Morgan fingerprint density at radius 3 is 2.64 bits per heavy atom. The highest BCUT2D eigenvalue weighted by atomic mass is 32.2. The number of H-pyrrole nitrogens is 1. The van der Waals surface area contributed by atoms with Crippen molar-refractivity contribution in [1.29, 1.82) is 0 Å². The summed E-state index contributed by atoms with van der Waals surface area (Å²) in [7, 11) is -3.59. The Hall–Kier alpha value is -2.45. The monoisotopic (exact) mass is 333 g/mol. The minimum absolute atomic E-state index is 0.250. The van der Waals surface area contributed by atoms with Crippen LogP contribution in [0.5, 0.6) is 0 Å². The lowest BCUT2D eigenvalue weighted by Gasteiger charge is -2.08. The Labute approximate surface area is 130 Å². The van der Waals surface area contributed by atoms with E-state index in [1.807, 2.05) is 0 Å². The number of anilines is 1. The van der Waals surface area contributed by atoms with Crippen LogP contribution in [-0.2, 0) is 10.0 Å². The first kappa shape index (κ1) is 14.5. The molecule has 0 saturated heterocycles.